The SMILES string of the molecule is O=c1c2ccccc2c(-c2nc(-c3cccnc3)no2)cn1-c1cccc(F)c1. The molecule has 0 spiro atoms. The van der Waals surface area contributed by atoms with Gasteiger partial charge in [0.2, 0.25) is 5.82 Å². The summed E-state index contributed by atoms with van der Waals surface area (Å²) in [4.78, 5) is 21.6. The second-order valence-corrected chi connectivity index (χ2v) is 6.41. The van der Waals surface area contributed by atoms with Crippen molar-refractivity contribution in [3.05, 3.63) is 95.4 Å². The first-order valence-electron chi connectivity index (χ1n) is 8.85. The third kappa shape index (κ3) is 2.98. The van der Waals surface area contributed by atoms with E-state index >= 15 is 0 Å². The smallest absolute Gasteiger partial charge is 0.262 e. The maximum absolute atomic E-state index is 13.8. The van der Waals surface area contributed by atoms with Crippen molar-refractivity contribution in [2.45, 2.75) is 0 Å². The van der Waals surface area contributed by atoms with Crippen LogP contribution in [0.5, 0.6) is 0 Å². The van der Waals surface area contributed by atoms with Crippen molar-refractivity contribution < 1.29 is 8.91 Å². The molecule has 0 aliphatic rings. The van der Waals surface area contributed by atoms with E-state index < -0.39 is 5.82 Å². The molecule has 0 amide bonds. The first-order valence-corrected chi connectivity index (χ1v) is 8.85. The number of hydrogen-bond donors (Lipinski definition) is 0. The second kappa shape index (κ2) is 6.79. The molecule has 0 aliphatic carbocycles. The number of rotatable bonds is 3. The molecule has 140 valence electrons. The van der Waals surface area contributed by atoms with Gasteiger partial charge < -0.3 is 4.52 Å². The Bertz CT molecular complexity index is 1390. The molecule has 0 atom stereocenters. The van der Waals surface area contributed by atoms with Gasteiger partial charge in [-0.15, -0.1) is 0 Å². The summed E-state index contributed by atoms with van der Waals surface area (Å²) in [5.74, 6) is 0.214. The summed E-state index contributed by atoms with van der Waals surface area (Å²) in [6.07, 6.45) is 4.90. The van der Waals surface area contributed by atoms with Crippen LogP contribution >= 0.6 is 0 Å². The van der Waals surface area contributed by atoms with Crippen LogP contribution in [0.1, 0.15) is 0 Å². The molecule has 2 aromatic carbocycles. The highest BCUT2D eigenvalue weighted by Gasteiger charge is 2.17. The van der Waals surface area contributed by atoms with Crippen LogP contribution < -0.4 is 5.56 Å². The molecule has 5 aromatic rings. The van der Waals surface area contributed by atoms with Crippen molar-refractivity contribution in [2.24, 2.45) is 0 Å². The molecule has 6 nitrogen and oxygen atoms in total. The maximum Gasteiger partial charge on any atom is 0.262 e. The Morgan fingerprint density at radius 2 is 1.83 bits per heavy atom. The van der Waals surface area contributed by atoms with Crippen LogP contribution in [0.4, 0.5) is 4.39 Å². The predicted molar refractivity (Wildman–Crippen MR) is 106 cm³/mol. The van der Waals surface area contributed by atoms with Crippen LogP contribution in [0, 0.1) is 5.82 Å². The zero-order chi connectivity index (χ0) is 19.8. The number of halogens is 1. The van der Waals surface area contributed by atoms with Gasteiger partial charge in [-0.25, -0.2) is 4.39 Å². The number of benzene rings is 2. The lowest BCUT2D eigenvalue weighted by molar-refractivity contribution is 0.432. The molecule has 0 bridgehead atoms. The minimum Gasteiger partial charge on any atom is -0.334 e. The van der Waals surface area contributed by atoms with Crippen molar-refractivity contribution in [3.63, 3.8) is 0 Å². The maximum atomic E-state index is 13.8. The fourth-order valence-corrected chi connectivity index (χ4v) is 3.22. The topological polar surface area (TPSA) is 73.8 Å². The number of hydrogen-bond acceptors (Lipinski definition) is 5. The molecule has 0 N–H and O–H groups in total. The molecule has 0 aliphatic heterocycles. The number of nitrogens with zero attached hydrogens (tertiary/aromatic N) is 4. The summed E-state index contributed by atoms with van der Waals surface area (Å²) < 4.78 is 20.6. The van der Waals surface area contributed by atoms with E-state index in [0.717, 1.165) is 0 Å². The highest BCUT2D eigenvalue weighted by Crippen LogP contribution is 2.28. The van der Waals surface area contributed by atoms with E-state index in [1.165, 1.54) is 16.7 Å². The van der Waals surface area contributed by atoms with Crippen molar-refractivity contribution in [2.75, 3.05) is 0 Å². The molecule has 0 fully saturated rings. The quantitative estimate of drug-likeness (QED) is 0.465. The summed E-state index contributed by atoms with van der Waals surface area (Å²) in [7, 11) is 0. The van der Waals surface area contributed by atoms with Crippen molar-refractivity contribution in [3.8, 4) is 28.5 Å². The Kier molecular flexibility index (Phi) is 3.98. The minimum atomic E-state index is -0.430. The van der Waals surface area contributed by atoms with Gasteiger partial charge in [0.25, 0.3) is 11.4 Å². The third-order valence-electron chi connectivity index (χ3n) is 4.59. The third-order valence-corrected chi connectivity index (χ3v) is 4.59. The Labute approximate surface area is 163 Å². The largest absolute Gasteiger partial charge is 0.334 e. The van der Waals surface area contributed by atoms with Gasteiger partial charge in [0.05, 0.1) is 11.3 Å². The fourth-order valence-electron chi connectivity index (χ4n) is 3.22. The standard InChI is InChI=1S/C22H13FN4O2/c23-15-6-3-7-16(11-15)27-13-19(17-8-1-2-9-18(17)22(27)28)21-25-20(26-29-21)14-5-4-10-24-12-14/h1-13H. The van der Waals surface area contributed by atoms with E-state index in [2.05, 4.69) is 15.1 Å². The molecular formula is C22H13FN4O2. The molecular weight excluding hydrogens is 371 g/mol. The number of aromatic nitrogens is 4. The molecule has 3 heterocycles. The Balaban J connectivity index is 1.75. The summed E-state index contributed by atoms with van der Waals surface area (Å²) in [6, 6.07) is 16.6. The van der Waals surface area contributed by atoms with Crippen LogP contribution in [0.15, 0.2) is 88.6 Å². The van der Waals surface area contributed by atoms with E-state index in [1.807, 2.05) is 18.2 Å². The second-order valence-electron chi connectivity index (χ2n) is 6.41. The number of fused-ring (bicyclic) bond motifs is 1. The van der Waals surface area contributed by atoms with Gasteiger partial charge in [0, 0.05) is 34.9 Å². The number of pyridine rings is 2. The Hall–Kier alpha value is -4.13. The van der Waals surface area contributed by atoms with Gasteiger partial charge in [-0.05, 0) is 36.4 Å². The first kappa shape index (κ1) is 17.0. The van der Waals surface area contributed by atoms with Gasteiger partial charge in [0.1, 0.15) is 5.82 Å². The molecule has 7 heteroatoms. The van der Waals surface area contributed by atoms with Crippen molar-refractivity contribution in [1.29, 1.82) is 0 Å². The zero-order valence-corrected chi connectivity index (χ0v) is 15.0. The molecule has 3 aromatic heterocycles. The van der Waals surface area contributed by atoms with E-state index in [4.69, 9.17) is 4.52 Å². The first-order chi connectivity index (χ1) is 14.2. The van der Waals surface area contributed by atoms with E-state index in [1.54, 1.807) is 48.9 Å². The van der Waals surface area contributed by atoms with Crippen LogP contribution in [0.2, 0.25) is 0 Å². The lowest BCUT2D eigenvalue weighted by Gasteiger charge is -2.10. The molecule has 0 unspecified atom stereocenters. The van der Waals surface area contributed by atoms with Gasteiger partial charge in [0.15, 0.2) is 0 Å². The van der Waals surface area contributed by atoms with E-state index in [0.29, 0.717) is 33.4 Å². The summed E-state index contributed by atoms with van der Waals surface area (Å²) in [5.41, 5.74) is 1.44. The van der Waals surface area contributed by atoms with Crippen LogP contribution in [-0.2, 0) is 0 Å². The van der Waals surface area contributed by atoms with Crippen molar-refractivity contribution in [1.82, 2.24) is 19.7 Å². The van der Waals surface area contributed by atoms with Gasteiger partial charge in [-0.3, -0.25) is 14.3 Å². The summed E-state index contributed by atoms with van der Waals surface area (Å²) in [6.45, 7) is 0. The Morgan fingerprint density at radius 1 is 0.966 bits per heavy atom. The van der Waals surface area contributed by atoms with E-state index in [-0.39, 0.29) is 11.4 Å². The monoisotopic (exact) mass is 384 g/mol. The van der Waals surface area contributed by atoms with Gasteiger partial charge in [-0.2, -0.15) is 4.98 Å². The van der Waals surface area contributed by atoms with Crippen LogP contribution in [0.3, 0.4) is 0 Å². The lowest BCUT2D eigenvalue weighted by atomic mass is 10.1. The van der Waals surface area contributed by atoms with Crippen LogP contribution in [0.25, 0.3) is 39.3 Å². The summed E-state index contributed by atoms with van der Waals surface area (Å²) >= 11 is 0. The van der Waals surface area contributed by atoms with Gasteiger partial charge >= 0.3 is 0 Å². The highest BCUT2D eigenvalue weighted by atomic mass is 19.1. The lowest BCUT2D eigenvalue weighted by Crippen LogP contribution is -2.18. The molecule has 0 saturated carbocycles. The molecule has 0 saturated heterocycles. The zero-order valence-electron chi connectivity index (χ0n) is 15.0. The minimum absolute atomic E-state index is 0.255. The predicted octanol–water partition coefficient (Wildman–Crippen LogP) is 4.24. The van der Waals surface area contributed by atoms with E-state index in [9.17, 15) is 9.18 Å². The molecule has 29 heavy (non-hydrogen) atoms. The Morgan fingerprint density at radius 3 is 2.62 bits per heavy atom. The summed E-state index contributed by atoms with van der Waals surface area (Å²) in [5, 5.41) is 5.18. The average molecular weight is 384 g/mol. The average Bonchev–Trinajstić information content (AvgIpc) is 3.25. The molecule has 5 rings (SSSR count). The van der Waals surface area contributed by atoms with Gasteiger partial charge in [-0.1, -0.05) is 29.4 Å². The molecule has 0 radical (unpaired) electrons. The van der Waals surface area contributed by atoms with Crippen LogP contribution in [-0.4, -0.2) is 19.7 Å². The normalized spacial score (nSPS) is 11.1. The van der Waals surface area contributed by atoms with Crippen molar-refractivity contribution >= 4 is 10.8 Å². The fraction of sp³-hybridized carbons (Fsp3) is 0. The highest BCUT2D eigenvalue weighted by molar-refractivity contribution is 5.94.